The van der Waals surface area contributed by atoms with Crippen molar-refractivity contribution in [3.05, 3.63) is 59.5 Å². The number of rotatable bonds is 4. The van der Waals surface area contributed by atoms with E-state index in [0.717, 1.165) is 50.2 Å². The van der Waals surface area contributed by atoms with E-state index in [9.17, 15) is 21.6 Å². The highest BCUT2D eigenvalue weighted by Crippen LogP contribution is 2.50. The van der Waals surface area contributed by atoms with E-state index in [1.165, 1.54) is 11.8 Å². The van der Waals surface area contributed by atoms with E-state index in [4.69, 9.17) is 14.3 Å². The number of sulfonamides is 1. The Morgan fingerprint density at radius 1 is 1.22 bits per heavy atom. The first-order valence-electron chi connectivity index (χ1n) is 10.0. The molecule has 1 unspecified atom stereocenters. The largest absolute Gasteiger partial charge is 0.490 e. The molecule has 0 saturated carbocycles. The maximum absolute atomic E-state index is 11.8. The molecule has 1 saturated heterocycles. The van der Waals surface area contributed by atoms with Gasteiger partial charge >= 0.3 is 12.1 Å². The zero-order valence-electron chi connectivity index (χ0n) is 17.4. The molecule has 4 rings (SSSR count). The van der Waals surface area contributed by atoms with Crippen LogP contribution in [0.3, 0.4) is 0 Å². The van der Waals surface area contributed by atoms with Gasteiger partial charge in [0.2, 0.25) is 10.0 Å². The quantitative estimate of drug-likeness (QED) is 0.704. The summed E-state index contributed by atoms with van der Waals surface area (Å²) < 4.78 is 63.6. The maximum Gasteiger partial charge on any atom is 0.490 e. The summed E-state index contributed by atoms with van der Waals surface area (Å²) in [7, 11) is -3.22. The number of aliphatic carboxylic acids is 1. The zero-order chi connectivity index (χ0) is 23.6. The molecule has 1 spiro atoms. The fourth-order valence-corrected chi connectivity index (χ4v) is 5.22. The summed E-state index contributed by atoms with van der Waals surface area (Å²) in [6, 6.07) is 12.2. The van der Waals surface area contributed by atoms with Crippen molar-refractivity contribution in [1.82, 2.24) is 9.62 Å². The fourth-order valence-electron chi connectivity index (χ4n) is 4.49. The van der Waals surface area contributed by atoms with Gasteiger partial charge in [-0.1, -0.05) is 24.3 Å². The lowest BCUT2D eigenvalue weighted by Crippen LogP contribution is -2.41. The molecule has 1 aromatic carbocycles. The van der Waals surface area contributed by atoms with Crippen LogP contribution in [0.1, 0.15) is 42.2 Å². The molecule has 1 aromatic heterocycles. The molecule has 176 valence electrons. The first-order valence-corrected chi connectivity index (χ1v) is 11.9. The number of likely N-dealkylation sites (tertiary alicyclic amines) is 1. The second kappa shape index (κ2) is 9.24. The molecule has 1 fully saturated rings. The standard InChI is InChI=1S/C19H24N2O3S.C2HF3O2/c1-25(22,23)20-18-13-19(17-7-3-2-6-16(17)18)8-10-21(11-9-19)14-15-5-4-12-24-15;3-2(4,5)1(6)7/h2-7,12,18,20H,8-11,13-14H2,1H3;(H,6,7). The third kappa shape index (κ3) is 5.90. The Labute approximate surface area is 184 Å². The number of piperidine rings is 1. The predicted molar refractivity (Wildman–Crippen MR) is 110 cm³/mol. The van der Waals surface area contributed by atoms with Crippen LogP contribution in [0.5, 0.6) is 0 Å². The van der Waals surface area contributed by atoms with Crippen LogP contribution in [0.25, 0.3) is 0 Å². The Morgan fingerprint density at radius 2 is 1.84 bits per heavy atom. The molecule has 7 nitrogen and oxygen atoms in total. The van der Waals surface area contributed by atoms with E-state index < -0.39 is 22.2 Å². The van der Waals surface area contributed by atoms with Crippen LogP contribution >= 0.6 is 0 Å². The van der Waals surface area contributed by atoms with Crippen molar-refractivity contribution in [1.29, 1.82) is 0 Å². The van der Waals surface area contributed by atoms with Crippen LogP contribution in [-0.4, -0.2) is 49.9 Å². The number of carbonyl (C=O) groups is 1. The number of carboxylic acid groups (broad SMARTS) is 1. The number of benzene rings is 1. The molecule has 0 bridgehead atoms. The Morgan fingerprint density at radius 3 is 2.38 bits per heavy atom. The monoisotopic (exact) mass is 474 g/mol. The average Bonchev–Trinajstić information content (AvgIpc) is 3.30. The molecule has 0 radical (unpaired) electrons. The first-order chi connectivity index (χ1) is 14.9. The molecule has 1 aliphatic heterocycles. The van der Waals surface area contributed by atoms with Crippen LogP contribution in [-0.2, 0) is 26.8 Å². The summed E-state index contributed by atoms with van der Waals surface area (Å²) in [6.07, 6.45) is 0.829. The minimum absolute atomic E-state index is 0.0820. The second-order valence-corrected chi connectivity index (χ2v) is 9.95. The molecule has 32 heavy (non-hydrogen) atoms. The van der Waals surface area contributed by atoms with Gasteiger partial charge in [0.05, 0.1) is 19.1 Å². The van der Waals surface area contributed by atoms with Gasteiger partial charge in [0.1, 0.15) is 5.76 Å². The van der Waals surface area contributed by atoms with E-state index in [2.05, 4.69) is 27.8 Å². The Hall–Kier alpha value is -2.37. The second-order valence-electron chi connectivity index (χ2n) is 8.17. The van der Waals surface area contributed by atoms with Gasteiger partial charge in [-0.2, -0.15) is 13.2 Å². The molecule has 0 amide bonds. The minimum atomic E-state index is -5.08. The van der Waals surface area contributed by atoms with Crippen molar-refractivity contribution in [2.24, 2.45) is 0 Å². The van der Waals surface area contributed by atoms with Crippen molar-refractivity contribution in [2.45, 2.75) is 43.4 Å². The number of alkyl halides is 3. The molecule has 11 heteroatoms. The molecular weight excluding hydrogens is 449 g/mol. The molecule has 1 aliphatic carbocycles. The van der Waals surface area contributed by atoms with Crippen molar-refractivity contribution >= 4 is 16.0 Å². The van der Waals surface area contributed by atoms with Gasteiger partial charge in [-0.25, -0.2) is 17.9 Å². The van der Waals surface area contributed by atoms with Crippen molar-refractivity contribution in [3.63, 3.8) is 0 Å². The SMILES string of the molecule is CS(=O)(=O)NC1CC2(CCN(Cc3ccco3)CC2)c2ccccc21.O=C(O)C(F)(F)F. The number of fused-ring (bicyclic) bond motifs is 2. The number of hydrogen-bond donors (Lipinski definition) is 2. The van der Waals surface area contributed by atoms with E-state index in [1.807, 2.05) is 18.2 Å². The van der Waals surface area contributed by atoms with Crippen molar-refractivity contribution in [3.8, 4) is 0 Å². The highest BCUT2D eigenvalue weighted by atomic mass is 32.2. The van der Waals surface area contributed by atoms with E-state index in [-0.39, 0.29) is 11.5 Å². The Bertz CT molecular complexity index is 1030. The number of carboxylic acids is 1. The summed E-state index contributed by atoms with van der Waals surface area (Å²) in [6.45, 7) is 2.84. The lowest BCUT2D eigenvalue weighted by atomic mass is 9.73. The van der Waals surface area contributed by atoms with E-state index >= 15 is 0 Å². The summed E-state index contributed by atoms with van der Waals surface area (Å²) in [5.74, 6) is -1.76. The van der Waals surface area contributed by atoms with Gasteiger partial charge in [0.15, 0.2) is 0 Å². The summed E-state index contributed by atoms with van der Waals surface area (Å²) in [4.78, 5) is 11.3. The molecular formula is C21H25F3N2O5S. The normalized spacial score (nSPS) is 20.4. The van der Waals surface area contributed by atoms with Gasteiger partial charge in [-0.3, -0.25) is 4.90 Å². The molecule has 2 N–H and O–H groups in total. The lowest BCUT2D eigenvalue weighted by molar-refractivity contribution is -0.192. The van der Waals surface area contributed by atoms with Crippen LogP contribution in [0.2, 0.25) is 0 Å². The molecule has 2 aromatic rings. The van der Waals surface area contributed by atoms with Gasteiger partial charge in [-0.05, 0) is 61.0 Å². The van der Waals surface area contributed by atoms with E-state index in [0.29, 0.717) is 0 Å². The van der Waals surface area contributed by atoms with Gasteiger partial charge in [0.25, 0.3) is 0 Å². The third-order valence-corrected chi connectivity index (χ3v) is 6.59. The summed E-state index contributed by atoms with van der Waals surface area (Å²) in [5, 5.41) is 7.12. The van der Waals surface area contributed by atoms with Crippen molar-refractivity contribution in [2.75, 3.05) is 19.3 Å². The van der Waals surface area contributed by atoms with Crippen LogP contribution in [0.15, 0.2) is 47.1 Å². The average molecular weight is 475 g/mol. The highest BCUT2D eigenvalue weighted by Gasteiger charge is 2.45. The number of hydrogen-bond acceptors (Lipinski definition) is 5. The molecule has 2 heterocycles. The molecule has 2 aliphatic rings. The number of nitrogens with zero attached hydrogens (tertiary/aromatic N) is 1. The Balaban J connectivity index is 0.000000360. The summed E-state index contributed by atoms with van der Waals surface area (Å²) in [5.41, 5.74) is 2.56. The highest BCUT2D eigenvalue weighted by molar-refractivity contribution is 7.88. The molecule has 1 atom stereocenters. The van der Waals surface area contributed by atoms with Gasteiger partial charge in [-0.15, -0.1) is 0 Å². The number of nitrogens with one attached hydrogen (secondary N) is 1. The van der Waals surface area contributed by atoms with Crippen LogP contribution in [0.4, 0.5) is 13.2 Å². The zero-order valence-corrected chi connectivity index (χ0v) is 18.2. The smallest absolute Gasteiger partial charge is 0.475 e. The lowest BCUT2D eigenvalue weighted by Gasteiger charge is -2.40. The first kappa shape index (κ1) is 24.3. The number of halogens is 3. The minimum Gasteiger partial charge on any atom is -0.475 e. The van der Waals surface area contributed by atoms with Gasteiger partial charge < -0.3 is 9.52 Å². The predicted octanol–water partition coefficient (Wildman–Crippen LogP) is 3.44. The van der Waals surface area contributed by atoms with Crippen molar-refractivity contribution < 1.29 is 35.9 Å². The topological polar surface area (TPSA) is 99.9 Å². The Kier molecular flexibility index (Phi) is 7.01. The van der Waals surface area contributed by atoms with Gasteiger partial charge in [0, 0.05) is 6.04 Å². The summed E-state index contributed by atoms with van der Waals surface area (Å²) >= 11 is 0. The van der Waals surface area contributed by atoms with Crippen LogP contribution < -0.4 is 4.72 Å². The number of furan rings is 1. The van der Waals surface area contributed by atoms with Crippen LogP contribution in [0, 0.1) is 0 Å². The third-order valence-electron chi connectivity index (χ3n) is 5.87. The van der Waals surface area contributed by atoms with E-state index in [1.54, 1.807) is 6.26 Å². The fraction of sp³-hybridized carbons (Fsp3) is 0.476. The maximum atomic E-state index is 11.8.